The van der Waals surface area contributed by atoms with Gasteiger partial charge in [-0.3, -0.25) is 9.13 Å². The third kappa shape index (κ3) is 3.09. The van der Waals surface area contributed by atoms with E-state index in [0.29, 0.717) is 11.1 Å². The molecular formula is C20H14ClFN3O2P. The topological polar surface area (TPSA) is 88.9 Å². The summed E-state index contributed by atoms with van der Waals surface area (Å²) in [6.45, 7) is 3.63. The van der Waals surface area contributed by atoms with Crippen molar-refractivity contribution in [1.29, 1.82) is 5.26 Å². The molecular weight excluding hydrogens is 400 g/mol. The molecule has 0 spiro atoms. The van der Waals surface area contributed by atoms with E-state index in [1.165, 1.54) is 18.2 Å². The van der Waals surface area contributed by atoms with Crippen LogP contribution in [0, 0.1) is 31.0 Å². The molecule has 2 N–H and O–H groups in total. The van der Waals surface area contributed by atoms with Gasteiger partial charge < -0.3 is 5.73 Å². The minimum absolute atomic E-state index is 0.0635. The van der Waals surface area contributed by atoms with Crippen molar-refractivity contribution >= 4 is 43.1 Å². The second kappa shape index (κ2) is 7.55. The number of halogens is 2. The van der Waals surface area contributed by atoms with Crippen molar-refractivity contribution in [3.8, 4) is 17.2 Å². The molecule has 8 heteroatoms. The molecule has 0 atom stereocenters. The Hall–Kier alpha value is -3.00. The van der Waals surface area contributed by atoms with Crippen LogP contribution in [0.25, 0.3) is 28.1 Å². The van der Waals surface area contributed by atoms with Gasteiger partial charge in [0.2, 0.25) is 0 Å². The lowest BCUT2D eigenvalue weighted by atomic mass is 9.91. The molecule has 140 valence electrons. The maximum absolute atomic E-state index is 15.0. The van der Waals surface area contributed by atoms with E-state index in [1.54, 1.807) is 19.1 Å². The molecule has 2 aromatic carbocycles. The number of benzene rings is 2. The number of carbonyl (C=O) groups is 1. The number of fused-ring (bicyclic) bond motifs is 1. The average Bonchev–Trinajstić information content (AvgIpc) is 3.00. The number of hydrogen-bond donors (Lipinski definition) is 1. The normalized spacial score (nSPS) is 11.4. The summed E-state index contributed by atoms with van der Waals surface area (Å²) >= 11 is 5.97. The summed E-state index contributed by atoms with van der Waals surface area (Å²) < 4.78 is 27.9. The van der Waals surface area contributed by atoms with Crippen LogP contribution in [0.5, 0.6) is 0 Å². The zero-order chi connectivity index (χ0) is 20.6. The second-order valence-corrected chi connectivity index (χ2v) is 7.20. The summed E-state index contributed by atoms with van der Waals surface area (Å²) in [6, 6.07) is 8.41. The molecule has 28 heavy (non-hydrogen) atoms. The first-order valence-corrected chi connectivity index (χ1v) is 9.29. The summed E-state index contributed by atoms with van der Waals surface area (Å²) in [5.74, 6) is -1.57. The highest BCUT2D eigenvalue weighted by atomic mass is 35.5. The minimum Gasteiger partial charge on any atom is -0.364 e. The first kappa shape index (κ1) is 19.8. The van der Waals surface area contributed by atoms with E-state index < -0.39 is 20.3 Å². The molecule has 0 unspecified atom stereocenters. The fraction of sp³-hybridized carbons (Fsp3) is 0.100. The highest BCUT2D eigenvalue weighted by molar-refractivity contribution is 7.22. The average molecular weight is 414 g/mol. The van der Waals surface area contributed by atoms with Crippen LogP contribution >= 0.6 is 20.2 Å². The van der Waals surface area contributed by atoms with Gasteiger partial charge in [-0.05, 0) is 54.3 Å². The van der Waals surface area contributed by atoms with Crippen LogP contribution in [-0.4, -0.2) is 10.2 Å². The Labute approximate surface area is 167 Å². The lowest BCUT2D eigenvalue weighted by Gasteiger charge is -2.12. The molecule has 0 aliphatic carbocycles. The Morgan fingerprint density at radius 3 is 2.68 bits per heavy atom. The lowest BCUT2D eigenvalue weighted by Crippen LogP contribution is -2.15. The van der Waals surface area contributed by atoms with Crippen molar-refractivity contribution in [3.05, 3.63) is 63.6 Å². The van der Waals surface area contributed by atoms with Crippen molar-refractivity contribution in [2.45, 2.75) is 13.8 Å². The van der Waals surface area contributed by atoms with Gasteiger partial charge in [0.05, 0.1) is 16.6 Å². The van der Waals surface area contributed by atoms with Gasteiger partial charge in [-0.1, -0.05) is 23.7 Å². The molecule has 0 saturated heterocycles. The standard InChI is InChI=1S/C20H14ClFN3O2P/c1-10-8-12(4-3-7-23)11(2)13(9-10)16-17-15(6-5-14(21)18(17)22)25(28-27)19(16)20(24)26/h3-6,8-9H,1-2H3,(H2,24,26). The number of nitrogens with zero attached hydrogens (tertiary/aromatic N) is 2. The van der Waals surface area contributed by atoms with E-state index in [4.69, 9.17) is 22.6 Å². The van der Waals surface area contributed by atoms with Gasteiger partial charge in [-0.25, -0.2) is 8.96 Å². The molecule has 1 amide bonds. The quantitative estimate of drug-likeness (QED) is 0.458. The summed E-state index contributed by atoms with van der Waals surface area (Å²) in [7, 11) is -0.532. The van der Waals surface area contributed by atoms with Crippen LogP contribution in [0.4, 0.5) is 4.39 Å². The number of amides is 1. The van der Waals surface area contributed by atoms with Crippen LogP contribution in [-0.2, 0) is 4.57 Å². The maximum Gasteiger partial charge on any atom is 0.287 e. The smallest absolute Gasteiger partial charge is 0.287 e. The van der Waals surface area contributed by atoms with E-state index in [2.05, 4.69) is 0 Å². The SMILES string of the molecule is Cc1cc(C=CC#N)c(C)c(-c2c(C(N)=O)n(P=O)c3ccc(Cl)c(F)c23)c1. The van der Waals surface area contributed by atoms with Gasteiger partial charge >= 0.3 is 0 Å². The molecule has 0 bridgehead atoms. The van der Waals surface area contributed by atoms with E-state index >= 15 is 4.39 Å². The molecule has 5 nitrogen and oxygen atoms in total. The predicted molar refractivity (Wildman–Crippen MR) is 108 cm³/mol. The Kier molecular flexibility index (Phi) is 5.33. The van der Waals surface area contributed by atoms with Gasteiger partial charge in [0, 0.05) is 17.0 Å². The zero-order valence-corrected chi connectivity index (χ0v) is 16.6. The first-order valence-electron chi connectivity index (χ1n) is 8.15. The highest BCUT2D eigenvalue weighted by Crippen LogP contribution is 2.42. The Morgan fingerprint density at radius 2 is 2.07 bits per heavy atom. The number of allylic oxidation sites excluding steroid dienone is 1. The molecule has 3 aromatic rings. The van der Waals surface area contributed by atoms with Gasteiger partial charge in [0.25, 0.3) is 14.5 Å². The number of nitriles is 1. The number of aryl methyl sites for hydroxylation is 1. The molecule has 3 rings (SSSR count). The van der Waals surface area contributed by atoms with Crippen LogP contribution in [0.2, 0.25) is 5.02 Å². The van der Waals surface area contributed by atoms with Gasteiger partial charge in [0.1, 0.15) is 5.69 Å². The largest absolute Gasteiger partial charge is 0.364 e. The summed E-state index contributed by atoms with van der Waals surface area (Å²) in [5, 5.41) is 8.77. The van der Waals surface area contributed by atoms with Crippen LogP contribution in [0.15, 0.2) is 30.3 Å². The van der Waals surface area contributed by atoms with Crippen molar-refractivity contribution in [3.63, 3.8) is 0 Å². The van der Waals surface area contributed by atoms with E-state index in [0.717, 1.165) is 15.5 Å². The van der Waals surface area contributed by atoms with Crippen LogP contribution < -0.4 is 5.73 Å². The summed E-state index contributed by atoms with van der Waals surface area (Å²) in [4.78, 5) is 12.2. The van der Waals surface area contributed by atoms with Crippen molar-refractivity contribution in [2.75, 3.05) is 0 Å². The highest BCUT2D eigenvalue weighted by Gasteiger charge is 2.27. The Morgan fingerprint density at radius 1 is 1.36 bits per heavy atom. The van der Waals surface area contributed by atoms with Crippen LogP contribution in [0.3, 0.4) is 0 Å². The van der Waals surface area contributed by atoms with Crippen molar-refractivity contribution in [1.82, 2.24) is 4.34 Å². The van der Waals surface area contributed by atoms with Crippen molar-refractivity contribution < 1.29 is 13.8 Å². The van der Waals surface area contributed by atoms with E-state index in [-0.39, 0.29) is 27.2 Å². The van der Waals surface area contributed by atoms with E-state index in [1.807, 2.05) is 19.1 Å². The number of aromatic nitrogens is 1. The number of carbonyl (C=O) groups excluding carboxylic acids is 1. The molecule has 0 radical (unpaired) electrons. The van der Waals surface area contributed by atoms with Gasteiger partial charge in [-0.2, -0.15) is 5.26 Å². The Balaban J connectivity index is 2.56. The predicted octanol–water partition coefficient (Wildman–Crippen LogP) is 5.41. The fourth-order valence-corrected chi connectivity index (χ4v) is 4.01. The maximum atomic E-state index is 15.0. The van der Waals surface area contributed by atoms with Crippen molar-refractivity contribution in [2.24, 2.45) is 5.73 Å². The summed E-state index contributed by atoms with van der Waals surface area (Å²) in [6.07, 6.45) is 2.96. The third-order valence-electron chi connectivity index (χ3n) is 4.51. The molecule has 1 aromatic heterocycles. The third-order valence-corrected chi connectivity index (χ3v) is 5.38. The van der Waals surface area contributed by atoms with E-state index in [9.17, 15) is 9.36 Å². The monoisotopic (exact) mass is 413 g/mol. The molecule has 0 fully saturated rings. The van der Waals surface area contributed by atoms with Gasteiger partial charge in [-0.15, -0.1) is 0 Å². The fourth-order valence-electron chi connectivity index (χ4n) is 3.32. The van der Waals surface area contributed by atoms with Gasteiger partial charge in [0.15, 0.2) is 5.82 Å². The molecule has 0 aliphatic rings. The molecule has 1 heterocycles. The van der Waals surface area contributed by atoms with Crippen LogP contribution in [0.1, 0.15) is 27.2 Å². The lowest BCUT2D eigenvalue weighted by molar-refractivity contribution is 0.0996. The molecule has 0 aliphatic heterocycles. The first-order chi connectivity index (χ1) is 13.3. The number of rotatable bonds is 4. The summed E-state index contributed by atoms with van der Waals surface area (Å²) in [5.41, 5.74) is 8.75. The Bertz CT molecular complexity index is 1220. The zero-order valence-electron chi connectivity index (χ0n) is 15.0. The minimum atomic E-state index is -0.847. The number of primary amides is 1. The molecule has 0 saturated carbocycles. The second-order valence-electron chi connectivity index (χ2n) is 6.23. The number of nitrogens with two attached hydrogens (primary N) is 1. The number of hydrogen-bond acceptors (Lipinski definition) is 3.